The van der Waals surface area contributed by atoms with Gasteiger partial charge in [-0.25, -0.2) is 8.93 Å². The third-order valence-electron chi connectivity index (χ3n) is 4.40. The van der Waals surface area contributed by atoms with Crippen molar-refractivity contribution in [2.24, 2.45) is 4.40 Å². The Labute approximate surface area is 176 Å². The second-order valence-electron chi connectivity index (χ2n) is 7.08. The molecule has 0 radical (unpaired) electrons. The molecule has 0 heterocycles. The Morgan fingerprint density at radius 1 is 1.03 bits per heavy atom. The molecule has 8 heteroatoms. The molecular weight excluding hydrogens is 406 g/mol. The number of benzene rings is 2. The Kier molecular flexibility index (Phi) is 9.16. The van der Waals surface area contributed by atoms with E-state index in [4.69, 9.17) is 0 Å². The van der Waals surface area contributed by atoms with Gasteiger partial charge < -0.3 is 0 Å². The van der Waals surface area contributed by atoms with Crippen LogP contribution in [0, 0.1) is 0 Å². The average molecular weight is 436 g/mol. The summed E-state index contributed by atoms with van der Waals surface area (Å²) in [7, 11) is -1.93. The van der Waals surface area contributed by atoms with Crippen LogP contribution in [0.1, 0.15) is 24.0 Å². The van der Waals surface area contributed by atoms with Crippen LogP contribution < -0.4 is 4.72 Å². The molecule has 158 valence electrons. The molecule has 1 N–H and O–H groups in total. The van der Waals surface area contributed by atoms with Crippen LogP contribution in [0.15, 0.2) is 65.1 Å². The first-order valence-corrected chi connectivity index (χ1v) is 12.4. The molecular formula is C21H29N3O3S2. The number of nitrogens with one attached hydrogen (secondary N) is 1. The number of hydrogen-bond acceptors (Lipinski definition) is 3. The summed E-state index contributed by atoms with van der Waals surface area (Å²) in [6.45, 7) is 0. The van der Waals surface area contributed by atoms with Crippen molar-refractivity contribution in [3.05, 3.63) is 71.8 Å². The van der Waals surface area contributed by atoms with Gasteiger partial charge in [0.25, 0.3) is 0 Å². The molecule has 0 aliphatic heterocycles. The van der Waals surface area contributed by atoms with E-state index in [2.05, 4.69) is 9.12 Å². The van der Waals surface area contributed by atoms with Crippen LogP contribution in [0.5, 0.6) is 0 Å². The average Bonchev–Trinajstić information content (AvgIpc) is 2.67. The number of nitrogens with zero attached hydrogens (tertiary/aromatic N) is 2. The predicted octanol–water partition coefficient (Wildman–Crippen LogP) is 2.75. The summed E-state index contributed by atoms with van der Waals surface area (Å²) in [6, 6.07) is 19.6. The van der Waals surface area contributed by atoms with Gasteiger partial charge in [-0.15, -0.1) is 0 Å². The summed E-state index contributed by atoms with van der Waals surface area (Å²) >= 11 is 0. The number of rotatable bonds is 11. The van der Waals surface area contributed by atoms with Gasteiger partial charge >= 0.3 is 10.2 Å². The first-order valence-electron chi connectivity index (χ1n) is 9.44. The second kappa shape index (κ2) is 11.3. The third kappa shape index (κ3) is 8.57. The standard InChI is InChI=1S/C21H29N3O3S2/c1-24(2)29(26,27)23-21(17-19-12-8-5-9-13-19)15-14-20(22-28(3)25)16-18-10-6-4-7-11-18/h4-13,20,22H,14-17H2,1-3H3. The minimum Gasteiger partial charge on any atom is -0.243 e. The molecule has 2 atom stereocenters. The highest BCUT2D eigenvalue weighted by molar-refractivity contribution is 7.87. The zero-order valence-electron chi connectivity index (χ0n) is 17.1. The second-order valence-corrected chi connectivity index (χ2v) is 10.0. The molecule has 0 aliphatic rings. The van der Waals surface area contributed by atoms with E-state index in [9.17, 15) is 12.6 Å². The fourth-order valence-corrected chi connectivity index (χ4v) is 4.24. The largest absolute Gasteiger partial charge is 0.321 e. The molecule has 0 amide bonds. The lowest BCUT2D eigenvalue weighted by molar-refractivity contribution is 0.522. The minimum atomic E-state index is -3.71. The van der Waals surface area contributed by atoms with Crippen LogP contribution in [-0.4, -0.2) is 49.0 Å². The molecule has 0 aliphatic carbocycles. The fourth-order valence-electron chi connectivity index (χ4n) is 2.92. The normalized spacial score (nSPS) is 14.7. The predicted molar refractivity (Wildman–Crippen MR) is 121 cm³/mol. The maximum absolute atomic E-state index is 12.3. The van der Waals surface area contributed by atoms with E-state index in [0.717, 1.165) is 15.4 Å². The van der Waals surface area contributed by atoms with Crippen LogP contribution in [0.4, 0.5) is 0 Å². The van der Waals surface area contributed by atoms with E-state index >= 15 is 0 Å². The van der Waals surface area contributed by atoms with Crippen LogP contribution in [0.25, 0.3) is 0 Å². The maximum atomic E-state index is 12.3. The third-order valence-corrected chi connectivity index (χ3v) is 6.47. The lowest BCUT2D eigenvalue weighted by atomic mass is 9.99. The molecule has 2 aromatic rings. The molecule has 0 saturated carbocycles. The maximum Gasteiger partial charge on any atom is 0.321 e. The fraction of sp³-hybridized carbons (Fsp3) is 0.381. The van der Waals surface area contributed by atoms with Crippen molar-refractivity contribution in [2.45, 2.75) is 31.7 Å². The van der Waals surface area contributed by atoms with Crippen molar-refractivity contribution in [1.82, 2.24) is 9.03 Å². The molecule has 2 rings (SSSR count). The van der Waals surface area contributed by atoms with Crippen molar-refractivity contribution in [2.75, 3.05) is 20.4 Å². The van der Waals surface area contributed by atoms with Gasteiger partial charge in [0.15, 0.2) is 0 Å². The van der Waals surface area contributed by atoms with Gasteiger partial charge in [0.1, 0.15) is 0 Å². The molecule has 29 heavy (non-hydrogen) atoms. The highest BCUT2D eigenvalue weighted by atomic mass is 32.2. The quantitative estimate of drug-likeness (QED) is 0.551. The summed E-state index contributed by atoms with van der Waals surface area (Å²) < 4.78 is 44.7. The number of hydrogen-bond donors (Lipinski definition) is 1. The Balaban J connectivity index is 2.18. The van der Waals surface area contributed by atoms with Crippen molar-refractivity contribution >= 4 is 26.9 Å². The Bertz CT molecular complexity index is 915. The lowest BCUT2D eigenvalue weighted by Gasteiger charge is -2.18. The van der Waals surface area contributed by atoms with Gasteiger partial charge in [-0.3, -0.25) is 0 Å². The van der Waals surface area contributed by atoms with Crippen LogP contribution in [0.3, 0.4) is 0 Å². The van der Waals surface area contributed by atoms with E-state index < -0.39 is 21.2 Å². The first-order chi connectivity index (χ1) is 13.8. The highest BCUT2D eigenvalue weighted by Crippen LogP contribution is 2.13. The van der Waals surface area contributed by atoms with Gasteiger partial charge in [-0.2, -0.15) is 17.1 Å². The zero-order chi connectivity index (χ0) is 21.3. The van der Waals surface area contributed by atoms with Crippen molar-refractivity contribution in [3.8, 4) is 0 Å². The van der Waals surface area contributed by atoms with Crippen molar-refractivity contribution < 1.29 is 12.6 Å². The summed E-state index contributed by atoms with van der Waals surface area (Å²) in [4.78, 5) is 0. The van der Waals surface area contributed by atoms with Crippen molar-refractivity contribution in [1.29, 1.82) is 0 Å². The smallest absolute Gasteiger partial charge is 0.243 e. The first kappa shape index (κ1) is 23.4. The summed E-state index contributed by atoms with van der Waals surface area (Å²) in [5.74, 6) is 0. The molecule has 6 nitrogen and oxygen atoms in total. The van der Waals surface area contributed by atoms with E-state index in [0.29, 0.717) is 31.4 Å². The summed E-state index contributed by atoms with van der Waals surface area (Å²) in [5, 5.41) is 0. The molecule has 0 fully saturated rings. The monoisotopic (exact) mass is 435 g/mol. The molecule has 0 aromatic heterocycles. The van der Waals surface area contributed by atoms with Crippen LogP contribution >= 0.6 is 0 Å². The molecule has 0 spiro atoms. The van der Waals surface area contributed by atoms with Crippen molar-refractivity contribution in [3.63, 3.8) is 0 Å². The van der Waals surface area contributed by atoms with Gasteiger partial charge in [0, 0.05) is 38.5 Å². The van der Waals surface area contributed by atoms with Gasteiger partial charge in [0.2, 0.25) is 0 Å². The zero-order valence-corrected chi connectivity index (χ0v) is 18.7. The van der Waals surface area contributed by atoms with Gasteiger partial charge in [-0.05, 0) is 30.4 Å². The molecule has 0 saturated heterocycles. The molecule has 0 bridgehead atoms. The van der Waals surface area contributed by atoms with E-state index in [1.54, 1.807) is 6.26 Å². The lowest BCUT2D eigenvalue weighted by Crippen LogP contribution is -2.33. The van der Waals surface area contributed by atoms with E-state index in [1.165, 1.54) is 14.1 Å². The Morgan fingerprint density at radius 2 is 1.59 bits per heavy atom. The summed E-state index contributed by atoms with van der Waals surface area (Å²) in [6.07, 6.45) is 3.89. The highest BCUT2D eigenvalue weighted by Gasteiger charge is 2.17. The topological polar surface area (TPSA) is 78.8 Å². The SMILES string of the molecule is CN(C)S(=O)(=O)N=C(CCC(Cc1ccccc1)NS(C)=O)Cc1ccccc1. The Hall–Kier alpha value is -1.87. The minimum absolute atomic E-state index is 0.0498. The van der Waals surface area contributed by atoms with Gasteiger partial charge in [0.05, 0.1) is 11.0 Å². The van der Waals surface area contributed by atoms with E-state index in [-0.39, 0.29) is 6.04 Å². The summed E-state index contributed by atoms with van der Waals surface area (Å²) in [5.41, 5.74) is 2.73. The van der Waals surface area contributed by atoms with Crippen LogP contribution in [0.2, 0.25) is 0 Å². The van der Waals surface area contributed by atoms with Crippen LogP contribution in [-0.2, 0) is 34.0 Å². The van der Waals surface area contributed by atoms with Gasteiger partial charge in [-0.1, -0.05) is 60.7 Å². The molecule has 2 aromatic carbocycles. The van der Waals surface area contributed by atoms with E-state index in [1.807, 2.05) is 60.7 Å². The molecule has 2 unspecified atom stereocenters. The Morgan fingerprint density at radius 3 is 2.10 bits per heavy atom.